The van der Waals surface area contributed by atoms with E-state index in [-0.39, 0.29) is 17.1 Å². The number of aliphatic carboxylic acids is 2. The molecule has 2 fully saturated rings. The van der Waals surface area contributed by atoms with Crippen LogP contribution in [0.3, 0.4) is 0 Å². The summed E-state index contributed by atoms with van der Waals surface area (Å²) in [5.74, 6) is -8.33. The molecule has 11 atom stereocenters. The molecule has 0 spiro atoms. The Hall–Kier alpha value is -3.08. The number of esters is 2. The van der Waals surface area contributed by atoms with Crippen molar-refractivity contribution in [1.29, 1.82) is 0 Å². The maximum atomic E-state index is 13.0. The zero-order chi connectivity index (χ0) is 31.3. The van der Waals surface area contributed by atoms with E-state index < -0.39 is 104 Å². The summed E-state index contributed by atoms with van der Waals surface area (Å²) in [5.41, 5.74) is 0.0960. The number of carboxylic acid groups (broad SMARTS) is 2. The topological polar surface area (TPSA) is 236 Å². The number of carbonyl (C=O) groups excluding carboxylic acids is 2. The molecule has 3 aliphatic rings. The number of allylic oxidation sites excluding steroid dienone is 1. The Morgan fingerprint density at radius 1 is 1.10 bits per heavy atom. The summed E-state index contributed by atoms with van der Waals surface area (Å²) in [4.78, 5) is 49.3. The largest absolute Gasteiger partial charge is 0.481 e. The van der Waals surface area contributed by atoms with Gasteiger partial charge in [-0.05, 0) is 31.6 Å². The van der Waals surface area contributed by atoms with E-state index in [0.29, 0.717) is 12.8 Å². The van der Waals surface area contributed by atoms with Gasteiger partial charge in [0.15, 0.2) is 6.29 Å². The maximum Gasteiger partial charge on any atom is 0.337 e. The maximum absolute atomic E-state index is 13.0. The Morgan fingerprint density at radius 3 is 2.36 bits per heavy atom. The van der Waals surface area contributed by atoms with Crippen LogP contribution < -0.4 is 0 Å². The molecule has 0 aromatic heterocycles. The summed E-state index contributed by atoms with van der Waals surface area (Å²) in [6.45, 7) is 2.01. The van der Waals surface area contributed by atoms with Crippen LogP contribution in [0.15, 0.2) is 23.5 Å². The van der Waals surface area contributed by atoms with Crippen LogP contribution in [0.25, 0.3) is 0 Å². The van der Waals surface area contributed by atoms with Crippen LogP contribution in [0, 0.1) is 29.6 Å². The van der Waals surface area contributed by atoms with E-state index >= 15 is 0 Å². The zero-order valence-corrected chi connectivity index (χ0v) is 23.4. The minimum atomic E-state index is -1.75. The molecule has 3 rings (SSSR count). The zero-order valence-electron chi connectivity index (χ0n) is 23.4. The van der Waals surface area contributed by atoms with Gasteiger partial charge in [-0.2, -0.15) is 0 Å². The van der Waals surface area contributed by atoms with Crippen molar-refractivity contribution >= 4 is 23.9 Å². The highest BCUT2D eigenvalue weighted by Gasteiger charge is 2.48. The van der Waals surface area contributed by atoms with Crippen molar-refractivity contribution in [3.63, 3.8) is 0 Å². The summed E-state index contributed by atoms with van der Waals surface area (Å²) >= 11 is 0. The summed E-state index contributed by atoms with van der Waals surface area (Å²) in [6, 6.07) is 0. The number of aliphatic hydroxyl groups is 4. The molecule has 42 heavy (non-hydrogen) atoms. The van der Waals surface area contributed by atoms with Crippen molar-refractivity contribution in [2.75, 3.05) is 20.3 Å². The first-order chi connectivity index (χ1) is 19.9. The normalized spacial score (nSPS) is 36.5. The number of ether oxygens (including phenoxy) is 5. The number of aliphatic hydroxyl groups excluding tert-OH is 4. The Morgan fingerprint density at radius 2 is 1.79 bits per heavy atom. The Balaban J connectivity index is 1.77. The minimum Gasteiger partial charge on any atom is -0.481 e. The predicted octanol–water partition coefficient (Wildman–Crippen LogP) is -0.840. The minimum absolute atomic E-state index is 0.0958. The van der Waals surface area contributed by atoms with E-state index in [1.54, 1.807) is 13.8 Å². The molecule has 2 aliphatic heterocycles. The molecule has 0 aromatic carbocycles. The first-order valence-corrected chi connectivity index (χ1v) is 13.5. The van der Waals surface area contributed by atoms with Crippen molar-refractivity contribution in [2.45, 2.75) is 70.1 Å². The van der Waals surface area contributed by atoms with Gasteiger partial charge in [-0.25, -0.2) is 4.79 Å². The van der Waals surface area contributed by atoms with Gasteiger partial charge < -0.3 is 54.3 Å². The van der Waals surface area contributed by atoms with E-state index in [1.807, 2.05) is 0 Å². The van der Waals surface area contributed by atoms with Crippen LogP contribution in [0.4, 0.5) is 0 Å². The smallest absolute Gasteiger partial charge is 0.337 e. The number of hydrogen-bond donors (Lipinski definition) is 6. The molecule has 6 N–H and O–H groups in total. The molecule has 15 heteroatoms. The molecule has 0 amide bonds. The second kappa shape index (κ2) is 14.4. The van der Waals surface area contributed by atoms with Gasteiger partial charge in [0.05, 0.1) is 43.8 Å². The van der Waals surface area contributed by atoms with E-state index in [4.69, 9.17) is 23.7 Å². The van der Waals surface area contributed by atoms with Crippen molar-refractivity contribution in [2.24, 2.45) is 29.6 Å². The number of hydrogen-bond acceptors (Lipinski definition) is 13. The standard InChI is InChI=1S/C27H38O15/c1-4-12-14(7-18(29)39-9-15(23(33)34)13-6-5-11(2)19(13)24(35)36)16(25(37)38-3)10-40-26(12)42-27-22(32)21(31)20(30)17(8-28)41-27/h4,10-11,13-15,17,19-22,26-28,30-32H,5-9H2,1-3H3,(H,33,34)(H,35,36)/b12-4-/t11?,13?,14-,15?,17+,19?,20+,21-,22+,26-,27-/m0/s1. The highest BCUT2D eigenvalue weighted by Crippen LogP contribution is 2.42. The average Bonchev–Trinajstić information content (AvgIpc) is 3.33. The van der Waals surface area contributed by atoms with Crippen molar-refractivity contribution < 1.29 is 73.5 Å². The van der Waals surface area contributed by atoms with Gasteiger partial charge in [-0.1, -0.05) is 13.0 Å². The van der Waals surface area contributed by atoms with Gasteiger partial charge in [0.25, 0.3) is 0 Å². The number of methoxy groups -OCH3 is 1. The van der Waals surface area contributed by atoms with Gasteiger partial charge in [-0.3, -0.25) is 14.4 Å². The summed E-state index contributed by atoms with van der Waals surface area (Å²) < 4.78 is 26.7. The Labute approximate surface area is 241 Å². The summed E-state index contributed by atoms with van der Waals surface area (Å²) in [6.07, 6.45) is -6.48. The highest BCUT2D eigenvalue weighted by atomic mass is 16.8. The summed E-state index contributed by atoms with van der Waals surface area (Å²) in [7, 11) is 1.11. The molecule has 236 valence electrons. The van der Waals surface area contributed by atoms with Crippen LogP contribution in [0.5, 0.6) is 0 Å². The molecule has 1 saturated carbocycles. The number of carboxylic acids is 2. The predicted molar refractivity (Wildman–Crippen MR) is 137 cm³/mol. The van der Waals surface area contributed by atoms with Crippen LogP contribution in [-0.2, 0) is 42.9 Å². The van der Waals surface area contributed by atoms with Crippen LogP contribution >= 0.6 is 0 Å². The van der Waals surface area contributed by atoms with Crippen molar-refractivity contribution in [3.8, 4) is 0 Å². The van der Waals surface area contributed by atoms with Gasteiger partial charge in [0.1, 0.15) is 31.0 Å². The molecule has 2 heterocycles. The molecule has 1 aliphatic carbocycles. The Bertz CT molecular complexity index is 1070. The third-order valence-corrected chi connectivity index (χ3v) is 8.17. The van der Waals surface area contributed by atoms with Gasteiger partial charge in [0, 0.05) is 11.5 Å². The fourth-order valence-corrected chi connectivity index (χ4v) is 5.83. The monoisotopic (exact) mass is 602 g/mol. The van der Waals surface area contributed by atoms with Gasteiger partial charge in [-0.15, -0.1) is 0 Å². The third kappa shape index (κ3) is 7.10. The molecule has 0 radical (unpaired) electrons. The quantitative estimate of drug-likeness (QED) is 0.125. The average molecular weight is 603 g/mol. The number of carbonyl (C=O) groups is 4. The molecule has 1 saturated heterocycles. The molecule has 4 unspecified atom stereocenters. The number of rotatable bonds is 11. The van der Waals surface area contributed by atoms with Crippen molar-refractivity contribution in [3.05, 3.63) is 23.5 Å². The van der Waals surface area contributed by atoms with Crippen LogP contribution in [0.1, 0.15) is 33.1 Å². The second-order valence-corrected chi connectivity index (χ2v) is 10.6. The first-order valence-electron chi connectivity index (χ1n) is 13.5. The Kier molecular flexibility index (Phi) is 11.5. The molecule has 15 nitrogen and oxygen atoms in total. The van der Waals surface area contributed by atoms with E-state index in [1.165, 1.54) is 6.08 Å². The fourth-order valence-electron chi connectivity index (χ4n) is 5.83. The highest BCUT2D eigenvalue weighted by molar-refractivity contribution is 5.90. The second-order valence-electron chi connectivity index (χ2n) is 10.6. The summed E-state index contributed by atoms with van der Waals surface area (Å²) in [5, 5.41) is 59.3. The fraction of sp³-hybridized carbons (Fsp3) is 0.704. The SMILES string of the molecule is C/C=C1\[C@H](O[C@@H]2O[C@H](CO)[C@@H](O)[C@H](O)[C@H]2O)OC=C(C(=O)OC)[C@H]1CC(=O)OCC(C(=O)O)C1CCC(C)C1C(=O)O. The van der Waals surface area contributed by atoms with Gasteiger partial charge >= 0.3 is 23.9 Å². The molecule has 0 aromatic rings. The van der Waals surface area contributed by atoms with Crippen LogP contribution in [0.2, 0.25) is 0 Å². The lowest BCUT2D eigenvalue weighted by Crippen LogP contribution is -2.60. The van der Waals surface area contributed by atoms with E-state index in [0.717, 1.165) is 13.4 Å². The first kappa shape index (κ1) is 33.4. The lowest BCUT2D eigenvalue weighted by molar-refractivity contribution is -0.327. The third-order valence-electron chi connectivity index (χ3n) is 8.17. The molecule has 0 bridgehead atoms. The lowest BCUT2D eigenvalue weighted by Gasteiger charge is -2.41. The molecular weight excluding hydrogens is 564 g/mol. The van der Waals surface area contributed by atoms with Crippen molar-refractivity contribution in [1.82, 2.24) is 0 Å². The molecular formula is C27H38O15. The van der Waals surface area contributed by atoms with Gasteiger partial charge in [0.2, 0.25) is 6.29 Å². The van der Waals surface area contributed by atoms with E-state index in [2.05, 4.69) is 0 Å². The van der Waals surface area contributed by atoms with E-state index in [9.17, 15) is 49.8 Å². The lowest BCUT2D eigenvalue weighted by atomic mass is 9.81. The van der Waals surface area contributed by atoms with Crippen LogP contribution in [-0.4, -0.2) is 112 Å².